The lowest BCUT2D eigenvalue weighted by Crippen LogP contribution is -2.40. The molecule has 0 bridgehead atoms. The van der Waals surface area contributed by atoms with E-state index in [0.717, 1.165) is 23.1 Å². The van der Waals surface area contributed by atoms with Crippen LogP contribution in [0.2, 0.25) is 0 Å². The Bertz CT molecular complexity index is 1260. The molecule has 4 rings (SSSR count). The van der Waals surface area contributed by atoms with Crippen molar-refractivity contribution in [1.29, 1.82) is 0 Å². The summed E-state index contributed by atoms with van der Waals surface area (Å²) in [5.74, 6) is -2.36. The van der Waals surface area contributed by atoms with E-state index in [4.69, 9.17) is 10.5 Å². The molecule has 0 aliphatic carbocycles. The molecule has 1 fully saturated rings. The quantitative estimate of drug-likeness (QED) is 0.526. The van der Waals surface area contributed by atoms with Crippen molar-refractivity contribution >= 4 is 29.0 Å². The first-order valence-electron chi connectivity index (χ1n) is 11.2. The zero-order chi connectivity index (χ0) is 25.3. The first-order chi connectivity index (χ1) is 16.5. The minimum Gasteiger partial charge on any atom is -0.460 e. The zero-order valence-corrected chi connectivity index (χ0v) is 19.7. The molecule has 1 aliphatic heterocycles. The predicted molar refractivity (Wildman–Crippen MR) is 124 cm³/mol. The molecule has 0 unspecified atom stereocenters. The Morgan fingerprint density at radius 1 is 1.20 bits per heavy atom. The summed E-state index contributed by atoms with van der Waals surface area (Å²) in [6, 6.07) is 0. The van der Waals surface area contributed by atoms with Crippen molar-refractivity contribution in [3.8, 4) is 0 Å². The summed E-state index contributed by atoms with van der Waals surface area (Å²) in [6.07, 6.45) is 5.65. The van der Waals surface area contributed by atoms with Crippen molar-refractivity contribution in [1.82, 2.24) is 24.9 Å². The number of piperidine rings is 1. The van der Waals surface area contributed by atoms with Crippen LogP contribution in [0.3, 0.4) is 0 Å². The molecule has 4 heterocycles. The molecule has 186 valence electrons. The lowest BCUT2D eigenvalue weighted by atomic mass is 9.95. The lowest BCUT2D eigenvalue weighted by Gasteiger charge is -2.35. The second-order valence-electron chi connectivity index (χ2n) is 9.41. The highest BCUT2D eigenvalue weighted by Crippen LogP contribution is 2.30. The van der Waals surface area contributed by atoms with Crippen molar-refractivity contribution in [3.63, 3.8) is 0 Å². The second-order valence-corrected chi connectivity index (χ2v) is 9.41. The Kier molecular flexibility index (Phi) is 6.55. The Morgan fingerprint density at radius 3 is 2.60 bits per heavy atom. The summed E-state index contributed by atoms with van der Waals surface area (Å²) in [4.78, 5) is 34.9. The number of aromatic nitrogens is 4. The van der Waals surface area contributed by atoms with Gasteiger partial charge in [0.25, 0.3) is 5.91 Å². The molecule has 12 heteroatoms. The molecule has 35 heavy (non-hydrogen) atoms. The number of fused-ring (bicyclic) bond motifs is 1. The molecular weight excluding hydrogens is 460 g/mol. The molecule has 0 aromatic carbocycles. The smallest absolute Gasteiger partial charge is 0.309 e. The number of nitrogens with two attached hydrogens (primary N) is 1. The minimum absolute atomic E-state index is 0.00547. The fourth-order valence-electron chi connectivity index (χ4n) is 4.09. The van der Waals surface area contributed by atoms with E-state index in [-0.39, 0.29) is 35.5 Å². The van der Waals surface area contributed by atoms with Crippen LogP contribution in [0, 0.1) is 17.6 Å². The van der Waals surface area contributed by atoms with Crippen LogP contribution in [0.1, 0.15) is 49.5 Å². The summed E-state index contributed by atoms with van der Waals surface area (Å²) >= 11 is 0. The van der Waals surface area contributed by atoms with Gasteiger partial charge >= 0.3 is 5.97 Å². The molecular formula is C23H27F2N7O3. The molecule has 3 aromatic heterocycles. The third-order valence-corrected chi connectivity index (χ3v) is 5.63. The Morgan fingerprint density at radius 2 is 1.91 bits per heavy atom. The molecule has 3 N–H and O–H groups in total. The van der Waals surface area contributed by atoms with Crippen LogP contribution in [0.5, 0.6) is 0 Å². The average Bonchev–Trinajstić information content (AvgIpc) is 3.11. The molecule has 1 saturated heterocycles. The number of pyridine rings is 1. The lowest BCUT2D eigenvalue weighted by molar-refractivity contribution is -0.160. The fourth-order valence-corrected chi connectivity index (χ4v) is 4.09. The largest absolute Gasteiger partial charge is 0.460 e. The van der Waals surface area contributed by atoms with Crippen molar-refractivity contribution < 1.29 is 23.1 Å². The van der Waals surface area contributed by atoms with E-state index in [0.29, 0.717) is 37.2 Å². The molecule has 0 spiro atoms. The van der Waals surface area contributed by atoms with E-state index in [9.17, 15) is 18.4 Å². The van der Waals surface area contributed by atoms with E-state index in [2.05, 4.69) is 20.4 Å². The maximum atomic E-state index is 14.8. The molecule has 10 nitrogen and oxygen atoms in total. The van der Waals surface area contributed by atoms with Gasteiger partial charge < -0.3 is 20.7 Å². The van der Waals surface area contributed by atoms with Crippen molar-refractivity contribution in [3.05, 3.63) is 47.5 Å². The van der Waals surface area contributed by atoms with Gasteiger partial charge in [0.2, 0.25) is 0 Å². The summed E-state index contributed by atoms with van der Waals surface area (Å²) < 4.78 is 34.8. The number of anilines is 2. The third kappa shape index (κ3) is 5.31. The molecule has 3 aromatic rings. The van der Waals surface area contributed by atoms with Gasteiger partial charge in [0.05, 0.1) is 30.2 Å². The monoisotopic (exact) mass is 487 g/mol. The van der Waals surface area contributed by atoms with Gasteiger partial charge in [0.15, 0.2) is 23.1 Å². The van der Waals surface area contributed by atoms with Gasteiger partial charge in [-0.2, -0.15) is 0 Å². The standard InChI is InChI=1S/C23H27F2N7O3/c1-23(2,3)35-22(34)13-4-6-31(7-5-13)18-14(8-27-11-16(18)25)9-29-21(33)17-19(26)30-32-12-15(24)10-28-20(17)32/h8,10-13H,4-7,9H2,1-3H3,(H2,26,30)(H,29,33). The number of rotatable bonds is 5. The van der Waals surface area contributed by atoms with Crippen LogP contribution in [-0.4, -0.2) is 50.1 Å². The predicted octanol–water partition coefficient (Wildman–Crippen LogP) is 2.47. The highest BCUT2D eigenvalue weighted by atomic mass is 19.1. The van der Waals surface area contributed by atoms with Crippen LogP contribution in [0.25, 0.3) is 5.65 Å². The fraction of sp³-hybridized carbons (Fsp3) is 0.435. The van der Waals surface area contributed by atoms with E-state index >= 15 is 0 Å². The number of carbonyl (C=O) groups is 2. The number of amides is 1. The minimum atomic E-state index is -0.627. The first kappa shape index (κ1) is 24.3. The number of nitrogens with one attached hydrogen (secondary N) is 1. The third-order valence-electron chi connectivity index (χ3n) is 5.63. The number of nitrogens with zero attached hydrogens (tertiary/aromatic N) is 5. The number of halogens is 2. The Hall–Kier alpha value is -3.83. The van der Waals surface area contributed by atoms with Gasteiger partial charge in [-0.3, -0.25) is 14.6 Å². The highest BCUT2D eigenvalue weighted by molar-refractivity contribution is 6.04. The number of hydrogen-bond acceptors (Lipinski definition) is 8. The van der Waals surface area contributed by atoms with E-state index in [1.165, 1.54) is 6.20 Å². The maximum Gasteiger partial charge on any atom is 0.309 e. The van der Waals surface area contributed by atoms with Crippen molar-refractivity contribution in [2.75, 3.05) is 23.7 Å². The van der Waals surface area contributed by atoms with Crippen LogP contribution < -0.4 is 16.0 Å². The van der Waals surface area contributed by atoms with Crippen LogP contribution in [0.15, 0.2) is 24.8 Å². The second kappa shape index (κ2) is 9.43. The topological polar surface area (TPSA) is 128 Å². The average molecular weight is 488 g/mol. The van der Waals surface area contributed by atoms with Gasteiger partial charge in [-0.1, -0.05) is 0 Å². The first-order valence-corrected chi connectivity index (χ1v) is 11.2. The number of nitrogen functional groups attached to an aromatic ring is 1. The van der Waals surface area contributed by atoms with Crippen LogP contribution in [-0.2, 0) is 16.1 Å². The van der Waals surface area contributed by atoms with Gasteiger partial charge in [0, 0.05) is 31.4 Å². The van der Waals surface area contributed by atoms with Gasteiger partial charge in [0.1, 0.15) is 11.2 Å². The molecule has 1 amide bonds. The van der Waals surface area contributed by atoms with E-state index in [1.807, 2.05) is 25.7 Å². The molecule has 0 atom stereocenters. The molecule has 1 aliphatic rings. The summed E-state index contributed by atoms with van der Waals surface area (Å²) in [5.41, 5.74) is 6.15. The number of hydrogen-bond donors (Lipinski definition) is 2. The number of ether oxygens (including phenoxy) is 1. The summed E-state index contributed by atoms with van der Waals surface area (Å²) in [5, 5.41) is 6.61. The molecule has 0 radical (unpaired) electrons. The van der Waals surface area contributed by atoms with Crippen molar-refractivity contribution in [2.45, 2.75) is 45.8 Å². The number of carbonyl (C=O) groups excluding carboxylic acids is 2. The van der Waals surface area contributed by atoms with Crippen molar-refractivity contribution in [2.24, 2.45) is 5.92 Å². The van der Waals surface area contributed by atoms with E-state index in [1.54, 1.807) is 0 Å². The normalized spacial score (nSPS) is 14.8. The Balaban J connectivity index is 1.47. The summed E-state index contributed by atoms with van der Waals surface area (Å²) in [6.45, 7) is 6.32. The highest BCUT2D eigenvalue weighted by Gasteiger charge is 2.31. The van der Waals surface area contributed by atoms with Gasteiger partial charge in [-0.05, 0) is 33.6 Å². The van der Waals surface area contributed by atoms with Gasteiger partial charge in [-0.15, -0.1) is 5.10 Å². The Labute approximate surface area is 200 Å². The summed E-state index contributed by atoms with van der Waals surface area (Å²) in [7, 11) is 0. The van der Waals surface area contributed by atoms with Gasteiger partial charge in [-0.25, -0.2) is 18.3 Å². The SMILES string of the molecule is CC(C)(C)OC(=O)C1CCN(c2c(F)cncc2CNC(=O)c2c(N)nn3cc(F)cnc23)CC1. The molecule has 0 saturated carbocycles. The zero-order valence-electron chi connectivity index (χ0n) is 19.7. The van der Waals surface area contributed by atoms with E-state index < -0.39 is 23.1 Å². The maximum absolute atomic E-state index is 14.8. The van der Waals surface area contributed by atoms with Crippen LogP contribution in [0.4, 0.5) is 20.3 Å². The van der Waals surface area contributed by atoms with Crippen LogP contribution >= 0.6 is 0 Å². The number of esters is 1.